The van der Waals surface area contributed by atoms with Gasteiger partial charge in [-0.25, -0.2) is 9.97 Å². The van der Waals surface area contributed by atoms with Gasteiger partial charge in [0.15, 0.2) is 0 Å². The minimum Gasteiger partial charge on any atom is -0.382 e. The van der Waals surface area contributed by atoms with Gasteiger partial charge in [0.2, 0.25) is 0 Å². The molecule has 0 spiro atoms. The van der Waals surface area contributed by atoms with Gasteiger partial charge in [0.25, 0.3) is 5.91 Å². The van der Waals surface area contributed by atoms with E-state index in [1.807, 2.05) is 60.7 Å². The lowest BCUT2D eigenvalue weighted by Crippen LogP contribution is -2.55. The summed E-state index contributed by atoms with van der Waals surface area (Å²) in [4.78, 5) is 23.7. The van der Waals surface area contributed by atoms with E-state index in [-0.39, 0.29) is 11.5 Å². The third-order valence-electron chi connectivity index (χ3n) is 8.48. The van der Waals surface area contributed by atoms with Gasteiger partial charge in [-0.05, 0) is 36.8 Å². The molecule has 3 aliphatic rings. The van der Waals surface area contributed by atoms with Gasteiger partial charge in [0.05, 0.1) is 24.1 Å². The van der Waals surface area contributed by atoms with E-state index in [9.17, 15) is 23.1 Å². The molecule has 43 heavy (non-hydrogen) atoms. The molecule has 8 nitrogen and oxygen atoms in total. The van der Waals surface area contributed by atoms with Crippen LogP contribution in [0, 0.1) is 17.2 Å². The number of carbonyl (C=O) groups excluding carboxylic acids is 1. The lowest BCUT2D eigenvalue weighted by molar-refractivity contribution is -0.192. The third kappa shape index (κ3) is 6.13. The number of piperidine rings is 1. The summed E-state index contributed by atoms with van der Waals surface area (Å²) < 4.78 is 43.7. The Balaban J connectivity index is 1.31. The van der Waals surface area contributed by atoms with Gasteiger partial charge in [-0.1, -0.05) is 60.7 Å². The maximum atomic E-state index is 14.6. The largest absolute Gasteiger partial charge is 0.398 e. The number of alkyl halides is 3. The first-order valence-electron chi connectivity index (χ1n) is 14.5. The Morgan fingerprint density at radius 2 is 1.51 bits per heavy atom. The predicted molar refractivity (Wildman–Crippen MR) is 155 cm³/mol. The first kappa shape index (κ1) is 28.9. The smallest absolute Gasteiger partial charge is 0.382 e. The number of hydrogen-bond donors (Lipinski definition) is 4. The fraction of sp³-hybridized carbons (Fsp3) is 0.375. The average Bonchev–Trinajstić information content (AvgIpc) is 3.87. The first-order valence-corrected chi connectivity index (χ1v) is 14.5. The lowest BCUT2D eigenvalue weighted by Gasteiger charge is -2.39. The van der Waals surface area contributed by atoms with Gasteiger partial charge in [0.1, 0.15) is 23.7 Å². The number of rotatable bonds is 8. The van der Waals surface area contributed by atoms with Crippen LogP contribution in [0.25, 0.3) is 0 Å². The Bertz CT molecular complexity index is 1450. The van der Waals surface area contributed by atoms with Crippen LogP contribution >= 0.6 is 0 Å². The summed E-state index contributed by atoms with van der Waals surface area (Å²) in [5.74, 6) is -3.13. The highest BCUT2D eigenvalue weighted by Crippen LogP contribution is 2.41. The molecule has 6 rings (SSSR count). The summed E-state index contributed by atoms with van der Waals surface area (Å²) in [7, 11) is 0. The van der Waals surface area contributed by atoms with E-state index in [1.165, 1.54) is 0 Å². The van der Waals surface area contributed by atoms with Crippen molar-refractivity contribution in [3.05, 3.63) is 101 Å². The van der Waals surface area contributed by atoms with Crippen molar-refractivity contribution >= 4 is 17.3 Å². The highest BCUT2D eigenvalue weighted by molar-refractivity contribution is 6.03. The number of hydrogen-bond acceptors (Lipinski definition) is 7. The molecule has 0 unspecified atom stereocenters. The second kappa shape index (κ2) is 11.8. The number of aliphatic hydroxyl groups is 1. The molecule has 3 heterocycles. The fourth-order valence-corrected chi connectivity index (χ4v) is 5.98. The van der Waals surface area contributed by atoms with E-state index in [0.717, 1.165) is 35.5 Å². The molecular formula is C32H33F3N6O2. The Kier molecular flexibility index (Phi) is 7.91. The van der Waals surface area contributed by atoms with Crippen molar-refractivity contribution < 1.29 is 23.1 Å². The van der Waals surface area contributed by atoms with Crippen molar-refractivity contribution in [3.8, 4) is 0 Å². The summed E-state index contributed by atoms with van der Waals surface area (Å²) in [5, 5.41) is 25.2. The molecule has 1 aromatic heterocycles. The molecular weight excluding hydrogens is 557 g/mol. The first-order chi connectivity index (χ1) is 20.7. The number of nitrogens with zero attached hydrogens (tertiary/aromatic N) is 3. The maximum Gasteiger partial charge on any atom is 0.398 e. The minimum atomic E-state index is -4.96. The van der Waals surface area contributed by atoms with Crippen LogP contribution in [0.3, 0.4) is 0 Å². The number of benzene rings is 2. The molecule has 4 N–H and O–H groups in total. The van der Waals surface area contributed by atoms with E-state index in [2.05, 4.69) is 25.5 Å². The van der Waals surface area contributed by atoms with E-state index in [1.54, 1.807) is 12.4 Å². The standard InChI is InChI=1S/C32H33F3N6O2/c33-32(34,35)25-24(26(36)19-13-15-41(16-14-19)23-17-37-29(38-18-23)22-11-12-22)30(40-31(43)28(25)42)39-27(20-7-3-1-4-8-20)21-9-5-2-6-10-21/h1-10,17-19,22,25,27-28,36,39,42H,11-16H2,(H,40,43)/t25-,28-/m1/s1. The molecule has 2 fully saturated rings. The van der Waals surface area contributed by atoms with Crippen LogP contribution in [0.2, 0.25) is 0 Å². The number of aliphatic hydroxyl groups excluding tert-OH is 1. The van der Waals surface area contributed by atoms with Crippen LogP contribution in [0.5, 0.6) is 0 Å². The monoisotopic (exact) mass is 590 g/mol. The van der Waals surface area contributed by atoms with Crippen LogP contribution < -0.4 is 15.5 Å². The lowest BCUT2D eigenvalue weighted by atomic mass is 9.78. The van der Waals surface area contributed by atoms with Crippen molar-refractivity contribution in [2.75, 3.05) is 18.0 Å². The van der Waals surface area contributed by atoms with Crippen LogP contribution in [0.15, 0.2) is 84.5 Å². The molecule has 3 aromatic rings. The zero-order valence-electron chi connectivity index (χ0n) is 23.4. The Labute approximate surface area is 247 Å². The SMILES string of the molecule is N=C(C1=C(NC(c2ccccc2)c2ccccc2)NC(=O)[C@H](O)[C@@H]1C(F)(F)F)C1CCN(c2cnc(C3CC3)nc2)CC1. The van der Waals surface area contributed by atoms with Gasteiger partial charge >= 0.3 is 6.18 Å². The molecule has 224 valence electrons. The summed E-state index contributed by atoms with van der Waals surface area (Å²) in [5.41, 5.74) is 1.72. The molecule has 1 saturated heterocycles. The summed E-state index contributed by atoms with van der Waals surface area (Å²) in [6, 6.07) is 17.7. The van der Waals surface area contributed by atoms with Gasteiger partial charge in [-0.2, -0.15) is 13.2 Å². The molecule has 2 aliphatic heterocycles. The van der Waals surface area contributed by atoms with Gasteiger partial charge < -0.3 is 26.0 Å². The van der Waals surface area contributed by atoms with Crippen molar-refractivity contribution in [2.24, 2.45) is 11.8 Å². The molecule has 2 aromatic carbocycles. The molecule has 1 amide bonds. The Hall–Kier alpha value is -4.25. The second-order valence-electron chi connectivity index (χ2n) is 11.4. The van der Waals surface area contributed by atoms with E-state index in [0.29, 0.717) is 31.8 Å². The normalized spacial score (nSPS) is 21.6. The quantitative estimate of drug-likeness (QED) is 0.279. The number of amides is 1. The number of carbonyl (C=O) groups is 1. The van der Waals surface area contributed by atoms with E-state index in [4.69, 9.17) is 5.41 Å². The van der Waals surface area contributed by atoms with Crippen molar-refractivity contribution in [1.29, 1.82) is 5.41 Å². The minimum absolute atomic E-state index is 0.202. The summed E-state index contributed by atoms with van der Waals surface area (Å²) >= 11 is 0. The molecule has 0 radical (unpaired) electrons. The highest BCUT2D eigenvalue weighted by atomic mass is 19.4. The fourth-order valence-electron chi connectivity index (χ4n) is 5.98. The second-order valence-corrected chi connectivity index (χ2v) is 11.4. The maximum absolute atomic E-state index is 14.6. The van der Waals surface area contributed by atoms with Gasteiger partial charge in [-0.15, -0.1) is 0 Å². The van der Waals surface area contributed by atoms with E-state index < -0.39 is 41.6 Å². The summed E-state index contributed by atoms with van der Waals surface area (Å²) in [6.07, 6.45) is -0.688. The molecule has 1 saturated carbocycles. The topological polar surface area (TPSA) is 114 Å². The average molecular weight is 591 g/mol. The number of nitrogens with one attached hydrogen (secondary N) is 3. The van der Waals surface area contributed by atoms with Crippen molar-refractivity contribution in [2.45, 2.75) is 49.9 Å². The molecule has 11 heteroatoms. The predicted octanol–water partition coefficient (Wildman–Crippen LogP) is 4.85. The summed E-state index contributed by atoms with van der Waals surface area (Å²) in [6.45, 7) is 1.02. The number of aromatic nitrogens is 2. The Morgan fingerprint density at radius 3 is 2.02 bits per heavy atom. The molecule has 2 atom stereocenters. The van der Waals surface area contributed by atoms with Crippen molar-refractivity contribution in [3.63, 3.8) is 0 Å². The van der Waals surface area contributed by atoms with Crippen molar-refractivity contribution in [1.82, 2.24) is 20.6 Å². The van der Waals surface area contributed by atoms with Gasteiger partial charge in [0, 0.05) is 36.2 Å². The number of halogens is 3. The zero-order valence-corrected chi connectivity index (χ0v) is 23.4. The third-order valence-corrected chi connectivity index (χ3v) is 8.48. The van der Waals surface area contributed by atoms with Crippen LogP contribution in [0.4, 0.5) is 18.9 Å². The van der Waals surface area contributed by atoms with Crippen LogP contribution in [-0.4, -0.2) is 52.1 Å². The van der Waals surface area contributed by atoms with Gasteiger partial charge in [-0.3, -0.25) is 4.79 Å². The highest BCUT2D eigenvalue weighted by Gasteiger charge is 2.54. The van der Waals surface area contributed by atoms with Crippen LogP contribution in [0.1, 0.15) is 54.6 Å². The zero-order chi connectivity index (χ0) is 30.1. The van der Waals surface area contributed by atoms with Crippen LogP contribution in [-0.2, 0) is 4.79 Å². The molecule has 0 bridgehead atoms. The number of anilines is 1. The molecule has 1 aliphatic carbocycles. The van der Waals surface area contributed by atoms with E-state index >= 15 is 0 Å². The Morgan fingerprint density at radius 1 is 0.953 bits per heavy atom.